The molecule has 1 aliphatic rings. The van der Waals surface area contributed by atoms with Crippen molar-refractivity contribution < 1.29 is 14.2 Å². The number of para-hydroxylation sites is 2. The summed E-state index contributed by atoms with van der Waals surface area (Å²) in [5.41, 5.74) is 1.47. The molecule has 0 amide bonds. The van der Waals surface area contributed by atoms with E-state index < -0.39 is 0 Å². The number of hydrogen-bond donors (Lipinski definition) is 0. The monoisotopic (exact) mass is 383 g/mol. The Hall–Kier alpha value is -2.04. The van der Waals surface area contributed by atoms with Gasteiger partial charge in [0.25, 0.3) is 0 Å². The molecule has 0 spiro atoms. The summed E-state index contributed by atoms with van der Waals surface area (Å²) in [4.78, 5) is 2.52. The van der Waals surface area contributed by atoms with Gasteiger partial charge in [-0.1, -0.05) is 42.5 Å². The zero-order chi connectivity index (χ0) is 19.4. The first-order chi connectivity index (χ1) is 13.8. The van der Waals surface area contributed by atoms with Gasteiger partial charge in [-0.2, -0.15) is 0 Å². The topological polar surface area (TPSA) is 30.9 Å². The Balaban J connectivity index is 1.25. The predicted octanol–water partition coefficient (Wildman–Crippen LogP) is 4.44. The van der Waals surface area contributed by atoms with Gasteiger partial charge in [0.15, 0.2) is 11.5 Å². The molecule has 1 saturated heterocycles. The lowest BCUT2D eigenvalue weighted by molar-refractivity contribution is 0.0691. The zero-order valence-electron chi connectivity index (χ0n) is 17.0. The lowest BCUT2D eigenvalue weighted by Gasteiger charge is -2.31. The highest BCUT2D eigenvalue weighted by atomic mass is 16.5. The van der Waals surface area contributed by atoms with E-state index in [2.05, 4.69) is 35.2 Å². The van der Waals surface area contributed by atoms with E-state index in [1.807, 2.05) is 31.2 Å². The second kappa shape index (κ2) is 11.7. The minimum absolute atomic E-state index is 0.545. The van der Waals surface area contributed by atoms with Crippen molar-refractivity contribution >= 4 is 0 Å². The van der Waals surface area contributed by atoms with E-state index in [9.17, 15) is 0 Å². The SMILES string of the molecule is CCOc1ccccc1OCCOCCN1CCC(Cc2ccccc2)CC1. The number of nitrogens with zero attached hydrogens (tertiary/aromatic N) is 1. The molecule has 1 aliphatic heterocycles. The predicted molar refractivity (Wildman–Crippen MR) is 113 cm³/mol. The van der Waals surface area contributed by atoms with Crippen LogP contribution in [0.1, 0.15) is 25.3 Å². The first-order valence-electron chi connectivity index (χ1n) is 10.5. The van der Waals surface area contributed by atoms with Crippen molar-refractivity contribution in [1.82, 2.24) is 4.90 Å². The third-order valence-electron chi connectivity index (χ3n) is 5.26. The highest BCUT2D eigenvalue weighted by Crippen LogP contribution is 2.26. The number of hydrogen-bond acceptors (Lipinski definition) is 4. The largest absolute Gasteiger partial charge is 0.490 e. The Bertz CT molecular complexity index is 669. The van der Waals surface area contributed by atoms with Crippen LogP contribution in [0.5, 0.6) is 11.5 Å². The van der Waals surface area contributed by atoms with Gasteiger partial charge >= 0.3 is 0 Å². The van der Waals surface area contributed by atoms with E-state index in [0.29, 0.717) is 19.8 Å². The van der Waals surface area contributed by atoms with Crippen molar-refractivity contribution in [1.29, 1.82) is 0 Å². The lowest BCUT2D eigenvalue weighted by Crippen LogP contribution is -2.36. The van der Waals surface area contributed by atoms with Gasteiger partial charge in [0.05, 0.1) is 19.8 Å². The Morgan fingerprint density at radius 1 is 0.821 bits per heavy atom. The first-order valence-corrected chi connectivity index (χ1v) is 10.5. The van der Waals surface area contributed by atoms with E-state index in [1.54, 1.807) is 0 Å². The van der Waals surface area contributed by atoms with Crippen LogP contribution >= 0.6 is 0 Å². The first kappa shape index (κ1) is 20.7. The molecule has 2 aromatic rings. The van der Waals surface area contributed by atoms with Crippen molar-refractivity contribution in [2.45, 2.75) is 26.2 Å². The van der Waals surface area contributed by atoms with E-state index in [1.165, 1.54) is 37.9 Å². The number of piperidine rings is 1. The highest BCUT2D eigenvalue weighted by Gasteiger charge is 2.19. The van der Waals surface area contributed by atoms with Gasteiger partial charge in [0.1, 0.15) is 6.61 Å². The number of benzene rings is 2. The van der Waals surface area contributed by atoms with E-state index >= 15 is 0 Å². The minimum Gasteiger partial charge on any atom is -0.490 e. The molecular weight excluding hydrogens is 350 g/mol. The number of likely N-dealkylation sites (tertiary alicyclic amines) is 1. The third-order valence-corrected chi connectivity index (χ3v) is 5.26. The summed E-state index contributed by atoms with van der Waals surface area (Å²) < 4.78 is 17.1. The Morgan fingerprint density at radius 2 is 1.50 bits per heavy atom. The van der Waals surface area contributed by atoms with Crippen LogP contribution in [0.25, 0.3) is 0 Å². The maximum Gasteiger partial charge on any atom is 0.161 e. The van der Waals surface area contributed by atoms with Crippen molar-refractivity contribution in [3.05, 3.63) is 60.2 Å². The van der Waals surface area contributed by atoms with E-state index in [4.69, 9.17) is 14.2 Å². The molecular formula is C24H33NO3. The molecule has 0 radical (unpaired) electrons. The highest BCUT2D eigenvalue weighted by molar-refractivity contribution is 5.39. The molecule has 3 rings (SSSR count). The molecule has 0 bridgehead atoms. The van der Waals surface area contributed by atoms with Crippen LogP contribution < -0.4 is 9.47 Å². The van der Waals surface area contributed by atoms with Gasteiger partial charge in [-0.15, -0.1) is 0 Å². The van der Waals surface area contributed by atoms with Crippen LogP contribution in [0.15, 0.2) is 54.6 Å². The summed E-state index contributed by atoms with van der Waals surface area (Å²) in [5.74, 6) is 2.40. The molecule has 0 N–H and O–H groups in total. The lowest BCUT2D eigenvalue weighted by atomic mass is 9.90. The summed E-state index contributed by atoms with van der Waals surface area (Å²) in [6.45, 7) is 7.89. The molecule has 0 aliphatic carbocycles. The van der Waals surface area contributed by atoms with Gasteiger partial charge < -0.3 is 19.1 Å². The summed E-state index contributed by atoms with van der Waals surface area (Å²) in [6.07, 6.45) is 3.78. The van der Waals surface area contributed by atoms with Crippen LogP contribution in [0.4, 0.5) is 0 Å². The molecule has 2 aromatic carbocycles. The second-order valence-electron chi connectivity index (χ2n) is 7.32. The van der Waals surface area contributed by atoms with Gasteiger partial charge in [-0.05, 0) is 62.9 Å². The summed E-state index contributed by atoms with van der Waals surface area (Å²) >= 11 is 0. The van der Waals surface area contributed by atoms with Gasteiger partial charge in [0, 0.05) is 6.54 Å². The smallest absolute Gasteiger partial charge is 0.161 e. The van der Waals surface area contributed by atoms with Crippen LogP contribution in [0.3, 0.4) is 0 Å². The second-order valence-corrected chi connectivity index (χ2v) is 7.32. The van der Waals surface area contributed by atoms with Crippen LogP contribution in [0, 0.1) is 5.92 Å². The fourth-order valence-corrected chi connectivity index (χ4v) is 3.71. The normalized spacial score (nSPS) is 15.5. The van der Waals surface area contributed by atoms with Gasteiger partial charge in [0.2, 0.25) is 0 Å². The van der Waals surface area contributed by atoms with Crippen LogP contribution in [-0.2, 0) is 11.2 Å². The average Bonchev–Trinajstić information content (AvgIpc) is 2.74. The number of rotatable bonds is 11. The van der Waals surface area contributed by atoms with E-state index in [0.717, 1.165) is 30.6 Å². The van der Waals surface area contributed by atoms with Crippen LogP contribution in [-0.4, -0.2) is 51.0 Å². The Labute approximate surface area is 169 Å². The Morgan fingerprint density at radius 3 is 2.21 bits per heavy atom. The van der Waals surface area contributed by atoms with Gasteiger partial charge in [-0.3, -0.25) is 0 Å². The summed E-state index contributed by atoms with van der Waals surface area (Å²) in [5, 5.41) is 0. The van der Waals surface area contributed by atoms with Crippen molar-refractivity contribution in [2.75, 3.05) is 46.1 Å². The van der Waals surface area contributed by atoms with E-state index in [-0.39, 0.29) is 0 Å². The van der Waals surface area contributed by atoms with Crippen molar-refractivity contribution in [2.24, 2.45) is 5.92 Å². The van der Waals surface area contributed by atoms with Crippen molar-refractivity contribution in [3.63, 3.8) is 0 Å². The molecule has 4 nitrogen and oxygen atoms in total. The van der Waals surface area contributed by atoms with Crippen LogP contribution in [0.2, 0.25) is 0 Å². The molecule has 1 heterocycles. The molecule has 28 heavy (non-hydrogen) atoms. The molecule has 1 fully saturated rings. The quantitative estimate of drug-likeness (QED) is 0.537. The molecule has 0 saturated carbocycles. The number of ether oxygens (including phenoxy) is 3. The maximum absolute atomic E-state index is 5.79. The summed E-state index contributed by atoms with van der Waals surface area (Å²) in [7, 11) is 0. The fraction of sp³-hybridized carbons (Fsp3) is 0.500. The molecule has 4 heteroatoms. The standard InChI is InChI=1S/C24H33NO3/c1-2-27-23-10-6-7-11-24(23)28-19-18-26-17-16-25-14-12-22(13-15-25)20-21-8-4-3-5-9-21/h3-11,22H,2,12-20H2,1H3. The van der Waals surface area contributed by atoms with Crippen molar-refractivity contribution in [3.8, 4) is 11.5 Å². The minimum atomic E-state index is 0.545. The molecule has 0 unspecified atom stereocenters. The third kappa shape index (κ3) is 6.84. The molecule has 152 valence electrons. The Kier molecular flexibility index (Phi) is 8.66. The van der Waals surface area contributed by atoms with Gasteiger partial charge in [-0.25, -0.2) is 0 Å². The fourth-order valence-electron chi connectivity index (χ4n) is 3.71. The molecule has 0 atom stereocenters. The molecule has 0 aromatic heterocycles. The zero-order valence-corrected chi connectivity index (χ0v) is 17.0. The summed E-state index contributed by atoms with van der Waals surface area (Å²) in [6, 6.07) is 18.6. The maximum atomic E-state index is 5.79. The average molecular weight is 384 g/mol.